The van der Waals surface area contributed by atoms with Crippen LogP contribution in [0, 0.1) is 0 Å². The highest BCUT2D eigenvalue weighted by molar-refractivity contribution is 5.75. The van der Waals surface area contributed by atoms with E-state index in [2.05, 4.69) is 0 Å². The van der Waals surface area contributed by atoms with Crippen molar-refractivity contribution in [2.24, 2.45) is 0 Å². The van der Waals surface area contributed by atoms with Crippen LogP contribution in [0.2, 0.25) is 0 Å². The Morgan fingerprint density at radius 1 is 1.56 bits per heavy atom. The van der Waals surface area contributed by atoms with E-state index in [1.165, 1.54) is 6.92 Å². The van der Waals surface area contributed by atoms with Crippen LogP contribution in [0.25, 0.3) is 0 Å². The Bertz CT molecular complexity index is 109. The van der Waals surface area contributed by atoms with Crippen LogP contribution in [-0.2, 0) is 4.79 Å². The third-order valence-electron chi connectivity index (χ3n) is 0.602. The molecule has 0 aromatic rings. The van der Waals surface area contributed by atoms with Crippen molar-refractivity contribution in [1.29, 1.82) is 0 Å². The van der Waals surface area contributed by atoms with Crippen molar-refractivity contribution in [3.63, 3.8) is 0 Å². The van der Waals surface area contributed by atoms with Gasteiger partial charge in [0.1, 0.15) is 0 Å². The molecular weight excluding hydrogens is 135 g/mol. The van der Waals surface area contributed by atoms with E-state index in [9.17, 15) is 18.0 Å². The molecule has 0 saturated carbocycles. The van der Waals surface area contributed by atoms with E-state index in [4.69, 9.17) is 0 Å². The number of nitrogens with one attached hydrogen (secondary N) is 1. The summed E-state index contributed by atoms with van der Waals surface area (Å²) in [5.41, 5.74) is 0. The molecule has 0 aliphatic heterocycles. The maximum Gasteiger partial charge on any atom is 0.484 e. The Kier molecular flexibility index (Phi) is 2.48. The lowest BCUT2D eigenvalue weighted by atomic mass is 10.5. The fourth-order valence-corrected chi connectivity index (χ4v) is 0.246. The van der Waals surface area contributed by atoms with Gasteiger partial charge in [0, 0.05) is 6.42 Å². The fraction of sp³-hybridized carbons (Fsp3) is 0.750. The van der Waals surface area contributed by atoms with Crippen LogP contribution < -0.4 is 5.32 Å². The molecular formula is C4H6F3NO. The number of halogens is 3. The highest BCUT2D eigenvalue weighted by atomic mass is 19.4. The van der Waals surface area contributed by atoms with E-state index in [0.717, 1.165) is 5.32 Å². The Labute approximate surface area is 50.0 Å². The van der Waals surface area contributed by atoms with Crippen LogP contribution >= 0.6 is 0 Å². The van der Waals surface area contributed by atoms with Gasteiger partial charge in [-0.1, -0.05) is 6.92 Å². The molecule has 54 valence electrons. The van der Waals surface area contributed by atoms with Gasteiger partial charge in [0.25, 0.3) is 0 Å². The second-order valence-corrected chi connectivity index (χ2v) is 1.40. The molecule has 0 aliphatic carbocycles. The van der Waals surface area contributed by atoms with Crippen LogP contribution in [0.1, 0.15) is 13.3 Å². The average molecular weight is 141 g/mol. The van der Waals surface area contributed by atoms with Crippen molar-refractivity contribution in [3.05, 3.63) is 0 Å². The smallest absolute Gasteiger partial charge is 0.275 e. The molecule has 0 aliphatic rings. The van der Waals surface area contributed by atoms with Crippen LogP contribution in [-0.4, -0.2) is 12.2 Å². The lowest BCUT2D eigenvalue weighted by molar-refractivity contribution is -0.169. The highest BCUT2D eigenvalue weighted by Crippen LogP contribution is 2.08. The second-order valence-electron chi connectivity index (χ2n) is 1.40. The number of carbonyl (C=O) groups is 1. The molecule has 0 atom stereocenters. The summed E-state index contributed by atoms with van der Waals surface area (Å²) in [4.78, 5) is 10.00. The van der Waals surface area contributed by atoms with Crippen LogP contribution in [0.5, 0.6) is 0 Å². The second kappa shape index (κ2) is 2.70. The van der Waals surface area contributed by atoms with Crippen molar-refractivity contribution < 1.29 is 18.0 Å². The molecule has 1 N–H and O–H groups in total. The zero-order valence-electron chi connectivity index (χ0n) is 4.75. The fourth-order valence-electron chi connectivity index (χ4n) is 0.246. The third-order valence-corrected chi connectivity index (χ3v) is 0.602. The number of amides is 1. The third kappa shape index (κ3) is 5.13. The monoisotopic (exact) mass is 141 g/mol. The Morgan fingerprint density at radius 2 is 2.00 bits per heavy atom. The summed E-state index contributed by atoms with van der Waals surface area (Å²) in [5.74, 6) is -1.01. The molecule has 1 amide bonds. The Balaban J connectivity index is 3.60. The van der Waals surface area contributed by atoms with Crippen molar-refractivity contribution in [3.8, 4) is 0 Å². The van der Waals surface area contributed by atoms with Gasteiger partial charge < -0.3 is 0 Å². The number of carbonyl (C=O) groups excluding carboxylic acids is 1. The Hall–Kier alpha value is -0.740. The number of hydrogen-bond donors (Lipinski definition) is 1. The predicted molar refractivity (Wildman–Crippen MR) is 24.5 cm³/mol. The molecule has 5 heteroatoms. The van der Waals surface area contributed by atoms with Crippen molar-refractivity contribution in [1.82, 2.24) is 5.32 Å². The van der Waals surface area contributed by atoms with Gasteiger partial charge in [-0.05, 0) is 0 Å². The minimum Gasteiger partial charge on any atom is -0.275 e. The average Bonchev–Trinajstić information content (AvgIpc) is 1.62. The number of alkyl halides is 3. The quantitative estimate of drug-likeness (QED) is 0.543. The molecule has 0 unspecified atom stereocenters. The number of hydrogen-bond acceptors (Lipinski definition) is 1. The van der Waals surface area contributed by atoms with Crippen molar-refractivity contribution in [2.75, 3.05) is 0 Å². The van der Waals surface area contributed by atoms with Gasteiger partial charge in [-0.2, -0.15) is 13.2 Å². The van der Waals surface area contributed by atoms with Crippen LogP contribution in [0.15, 0.2) is 0 Å². The van der Waals surface area contributed by atoms with Gasteiger partial charge in [0.2, 0.25) is 5.91 Å². The summed E-state index contributed by atoms with van der Waals surface area (Å²) in [7, 11) is 0. The van der Waals surface area contributed by atoms with E-state index >= 15 is 0 Å². The molecule has 9 heavy (non-hydrogen) atoms. The highest BCUT2D eigenvalue weighted by Gasteiger charge is 2.28. The first-order valence-electron chi connectivity index (χ1n) is 2.33. The zero-order chi connectivity index (χ0) is 7.49. The summed E-state index contributed by atoms with van der Waals surface area (Å²) in [6, 6.07) is 0. The van der Waals surface area contributed by atoms with Gasteiger partial charge in [0.15, 0.2) is 0 Å². The van der Waals surface area contributed by atoms with Gasteiger partial charge in [-0.25, -0.2) is 0 Å². The summed E-state index contributed by atoms with van der Waals surface area (Å²) in [6.07, 6.45) is -4.73. The van der Waals surface area contributed by atoms with Gasteiger partial charge in [-0.3, -0.25) is 10.1 Å². The normalized spacial score (nSPS) is 11.1. The van der Waals surface area contributed by atoms with E-state index in [1.54, 1.807) is 0 Å². The molecule has 0 saturated heterocycles. The minimum atomic E-state index is -4.58. The van der Waals surface area contributed by atoms with Gasteiger partial charge in [0.05, 0.1) is 0 Å². The summed E-state index contributed by atoms with van der Waals surface area (Å²) in [5, 5.41) is 0.830. The number of rotatable bonds is 1. The molecule has 0 rings (SSSR count). The lowest BCUT2D eigenvalue weighted by Gasteiger charge is -2.05. The summed E-state index contributed by atoms with van der Waals surface area (Å²) >= 11 is 0. The molecule has 0 spiro atoms. The first-order valence-corrected chi connectivity index (χ1v) is 2.33. The summed E-state index contributed by atoms with van der Waals surface area (Å²) in [6.45, 7) is 1.35. The molecule has 0 heterocycles. The van der Waals surface area contributed by atoms with Crippen LogP contribution in [0.3, 0.4) is 0 Å². The zero-order valence-corrected chi connectivity index (χ0v) is 4.75. The van der Waals surface area contributed by atoms with Crippen molar-refractivity contribution in [2.45, 2.75) is 19.6 Å². The largest absolute Gasteiger partial charge is 0.484 e. The molecule has 0 aromatic heterocycles. The van der Waals surface area contributed by atoms with E-state index in [0.29, 0.717) is 0 Å². The standard InChI is InChI=1S/C4H6F3NO/c1-2-3(9)8-4(5,6)7/h2H2,1H3,(H,8,9). The molecule has 0 aromatic carbocycles. The Morgan fingerprint density at radius 3 is 2.11 bits per heavy atom. The first kappa shape index (κ1) is 8.26. The maximum atomic E-state index is 11.2. The molecule has 0 bridgehead atoms. The van der Waals surface area contributed by atoms with E-state index < -0.39 is 12.2 Å². The maximum absolute atomic E-state index is 11.2. The van der Waals surface area contributed by atoms with Gasteiger partial charge >= 0.3 is 6.30 Å². The first-order chi connectivity index (χ1) is 3.95. The lowest BCUT2D eigenvalue weighted by Crippen LogP contribution is -2.36. The van der Waals surface area contributed by atoms with E-state index in [-0.39, 0.29) is 6.42 Å². The summed E-state index contributed by atoms with van der Waals surface area (Å²) < 4.78 is 33.5. The molecule has 0 fully saturated rings. The topological polar surface area (TPSA) is 29.1 Å². The minimum absolute atomic E-state index is 0.153. The van der Waals surface area contributed by atoms with Gasteiger partial charge in [-0.15, -0.1) is 0 Å². The van der Waals surface area contributed by atoms with Crippen molar-refractivity contribution >= 4 is 5.91 Å². The SMILES string of the molecule is CCC(=O)NC(F)(F)F. The van der Waals surface area contributed by atoms with Crippen LogP contribution in [0.4, 0.5) is 13.2 Å². The molecule has 2 nitrogen and oxygen atoms in total. The molecule has 0 radical (unpaired) electrons. The predicted octanol–water partition coefficient (Wildman–Crippen LogP) is 1.03. The van der Waals surface area contributed by atoms with E-state index in [1.807, 2.05) is 0 Å².